The number of aliphatic carboxylic acids is 1. The molecule has 146 valence electrons. The standard InChI is InChI=1S/C18H27NO6S/c1-5-25-10-6-9-19(12-14(3)18(21)22)17(20)15-8-7-13(2)16(11-15)26(4,23)24/h7-8,11,14H,5-6,9-10,12H2,1-4H3,(H,21,22). The van der Waals surface area contributed by atoms with Crippen LogP contribution in [0.3, 0.4) is 0 Å². The molecule has 1 aromatic carbocycles. The lowest BCUT2D eigenvalue weighted by atomic mass is 10.1. The van der Waals surface area contributed by atoms with Gasteiger partial charge in [-0.2, -0.15) is 0 Å². The molecule has 26 heavy (non-hydrogen) atoms. The van der Waals surface area contributed by atoms with Crippen molar-refractivity contribution in [2.45, 2.75) is 32.1 Å². The first-order valence-electron chi connectivity index (χ1n) is 8.48. The van der Waals surface area contributed by atoms with Crippen LogP contribution in [0.5, 0.6) is 0 Å². The molecule has 0 aliphatic rings. The number of amides is 1. The number of carboxylic acids is 1. The zero-order chi connectivity index (χ0) is 19.9. The molecule has 0 aromatic heterocycles. The first-order valence-corrected chi connectivity index (χ1v) is 10.4. The van der Waals surface area contributed by atoms with Crippen LogP contribution in [0.25, 0.3) is 0 Å². The third-order valence-electron chi connectivity index (χ3n) is 3.96. The van der Waals surface area contributed by atoms with Gasteiger partial charge >= 0.3 is 5.97 Å². The molecule has 7 nitrogen and oxygen atoms in total. The maximum atomic E-state index is 12.9. The number of carboxylic acid groups (broad SMARTS) is 1. The first-order chi connectivity index (χ1) is 12.1. The van der Waals surface area contributed by atoms with Gasteiger partial charge in [0.2, 0.25) is 0 Å². The molecule has 0 aliphatic heterocycles. The summed E-state index contributed by atoms with van der Waals surface area (Å²) < 4.78 is 29.0. The van der Waals surface area contributed by atoms with Crippen LogP contribution in [-0.2, 0) is 19.4 Å². The van der Waals surface area contributed by atoms with E-state index in [-0.39, 0.29) is 22.9 Å². The predicted octanol–water partition coefficient (Wildman–Crippen LogP) is 1.99. The van der Waals surface area contributed by atoms with E-state index in [1.165, 1.54) is 17.9 Å². The average molecular weight is 385 g/mol. The zero-order valence-electron chi connectivity index (χ0n) is 15.7. The van der Waals surface area contributed by atoms with Crippen molar-refractivity contribution in [2.24, 2.45) is 5.92 Å². The maximum Gasteiger partial charge on any atom is 0.308 e. The fraction of sp³-hybridized carbons (Fsp3) is 0.556. The van der Waals surface area contributed by atoms with E-state index >= 15 is 0 Å². The molecule has 0 spiro atoms. The SMILES string of the molecule is CCOCCCN(CC(C)C(=O)O)C(=O)c1ccc(C)c(S(C)(=O)=O)c1. The van der Waals surface area contributed by atoms with Crippen molar-refractivity contribution in [3.8, 4) is 0 Å². The van der Waals surface area contributed by atoms with Crippen molar-refractivity contribution in [1.29, 1.82) is 0 Å². The normalized spacial score (nSPS) is 12.6. The van der Waals surface area contributed by atoms with Gasteiger partial charge in [0.05, 0.1) is 10.8 Å². The highest BCUT2D eigenvalue weighted by Crippen LogP contribution is 2.19. The minimum Gasteiger partial charge on any atom is -0.481 e. The molecule has 1 amide bonds. The first kappa shape index (κ1) is 22.1. The summed E-state index contributed by atoms with van der Waals surface area (Å²) in [6.45, 7) is 6.47. The second-order valence-corrected chi connectivity index (χ2v) is 8.28. The second-order valence-electron chi connectivity index (χ2n) is 6.29. The summed E-state index contributed by atoms with van der Waals surface area (Å²) in [5, 5.41) is 9.14. The number of carbonyl (C=O) groups excluding carboxylic acids is 1. The number of ether oxygens (including phenoxy) is 1. The van der Waals surface area contributed by atoms with Crippen LogP contribution in [0.1, 0.15) is 36.2 Å². The summed E-state index contributed by atoms with van der Waals surface area (Å²) in [6, 6.07) is 4.50. The Balaban J connectivity index is 3.08. The van der Waals surface area contributed by atoms with E-state index in [9.17, 15) is 18.0 Å². The summed E-state index contributed by atoms with van der Waals surface area (Å²) in [4.78, 5) is 25.6. The van der Waals surface area contributed by atoms with Crippen molar-refractivity contribution >= 4 is 21.7 Å². The topological polar surface area (TPSA) is 101 Å². The Morgan fingerprint density at radius 2 is 1.96 bits per heavy atom. The molecule has 0 saturated carbocycles. The third kappa shape index (κ3) is 6.42. The van der Waals surface area contributed by atoms with Crippen molar-refractivity contribution < 1.29 is 27.9 Å². The average Bonchev–Trinajstić information content (AvgIpc) is 2.56. The minimum atomic E-state index is -3.46. The molecule has 1 unspecified atom stereocenters. The van der Waals surface area contributed by atoms with Crippen LogP contribution in [0, 0.1) is 12.8 Å². The Hall–Kier alpha value is -1.93. The Kier molecular flexibility index (Phi) is 8.23. The van der Waals surface area contributed by atoms with Gasteiger partial charge in [-0.05, 0) is 38.0 Å². The monoisotopic (exact) mass is 385 g/mol. The highest BCUT2D eigenvalue weighted by Gasteiger charge is 2.23. The number of hydrogen-bond acceptors (Lipinski definition) is 5. The summed E-state index contributed by atoms with van der Waals surface area (Å²) >= 11 is 0. The molecule has 0 radical (unpaired) electrons. The molecular weight excluding hydrogens is 358 g/mol. The molecule has 1 atom stereocenters. The Morgan fingerprint density at radius 3 is 2.50 bits per heavy atom. The quantitative estimate of drug-likeness (QED) is 0.618. The molecule has 0 heterocycles. The Labute approximate surface area is 154 Å². The lowest BCUT2D eigenvalue weighted by molar-refractivity contribution is -0.141. The van der Waals surface area contributed by atoms with Crippen LogP contribution in [0.2, 0.25) is 0 Å². The van der Waals surface area contributed by atoms with Gasteiger partial charge in [0.1, 0.15) is 0 Å². The van der Waals surface area contributed by atoms with Crippen LogP contribution < -0.4 is 0 Å². The van der Waals surface area contributed by atoms with E-state index in [2.05, 4.69) is 0 Å². The molecule has 1 rings (SSSR count). The number of sulfone groups is 1. The molecule has 0 aliphatic carbocycles. The number of nitrogens with zero attached hydrogens (tertiary/aromatic N) is 1. The van der Waals surface area contributed by atoms with Crippen LogP contribution in [0.4, 0.5) is 0 Å². The lowest BCUT2D eigenvalue weighted by Crippen LogP contribution is -2.38. The van der Waals surface area contributed by atoms with Gasteiger partial charge in [0.15, 0.2) is 9.84 Å². The number of benzene rings is 1. The number of aryl methyl sites for hydroxylation is 1. The fourth-order valence-electron chi connectivity index (χ4n) is 2.50. The van der Waals surface area contributed by atoms with E-state index in [1.807, 2.05) is 6.92 Å². The van der Waals surface area contributed by atoms with Crippen molar-refractivity contribution in [2.75, 3.05) is 32.6 Å². The van der Waals surface area contributed by atoms with Gasteiger partial charge in [-0.15, -0.1) is 0 Å². The van der Waals surface area contributed by atoms with Gasteiger partial charge in [0, 0.05) is 38.1 Å². The number of hydrogen-bond donors (Lipinski definition) is 1. The molecule has 0 saturated heterocycles. The third-order valence-corrected chi connectivity index (χ3v) is 5.20. The minimum absolute atomic E-state index is 0.0440. The van der Waals surface area contributed by atoms with Gasteiger partial charge in [0.25, 0.3) is 5.91 Å². The summed E-state index contributed by atoms with van der Waals surface area (Å²) in [5.74, 6) is -2.11. The summed E-state index contributed by atoms with van der Waals surface area (Å²) in [5.41, 5.74) is 0.788. The van der Waals surface area contributed by atoms with Crippen LogP contribution >= 0.6 is 0 Å². The summed E-state index contributed by atoms with van der Waals surface area (Å²) in [7, 11) is -3.46. The molecule has 1 aromatic rings. The van der Waals surface area contributed by atoms with Gasteiger partial charge in [-0.1, -0.05) is 13.0 Å². The Bertz CT molecular complexity index is 744. The smallest absolute Gasteiger partial charge is 0.308 e. The van der Waals surface area contributed by atoms with Gasteiger partial charge in [-0.25, -0.2) is 8.42 Å². The zero-order valence-corrected chi connectivity index (χ0v) is 16.5. The fourth-order valence-corrected chi connectivity index (χ4v) is 3.50. The van der Waals surface area contributed by atoms with Crippen molar-refractivity contribution in [3.05, 3.63) is 29.3 Å². The van der Waals surface area contributed by atoms with Crippen LogP contribution in [0.15, 0.2) is 23.1 Å². The second kappa shape index (κ2) is 9.68. The number of rotatable bonds is 10. The molecule has 8 heteroatoms. The van der Waals surface area contributed by atoms with Gasteiger partial charge < -0.3 is 14.7 Å². The highest BCUT2D eigenvalue weighted by atomic mass is 32.2. The van der Waals surface area contributed by atoms with Crippen molar-refractivity contribution in [1.82, 2.24) is 4.90 Å². The van der Waals surface area contributed by atoms with E-state index in [1.54, 1.807) is 19.1 Å². The molecule has 0 fully saturated rings. The number of carbonyl (C=O) groups is 2. The summed E-state index contributed by atoms with van der Waals surface area (Å²) in [6.07, 6.45) is 1.66. The van der Waals surface area contributed by atoms with Crippen LogP contribution in [-0.4, -0.2) is 62.9 Å². The predicted molar refractivity (Wildman–Crippen MR) is 98.1 cm³/mol. The molecule has 0 bridgehead atoms. The van der Waals surface area contributed by atoms with E-state index in [0.717, 1.165) is 6.26 Å². The maximum absolute atomic E-state index is 12.9. The Morgan fingerprint density at radius 1 is 1.31 bits per heavy atom. The largest absolute Gasteiger partial charge is 0.481 e. The van der Waals surface area contributed by atoms with E-state index in [0.29, 0.717) is 31.7 Å². The van der Waals surface area contributed by atoms with Gasteiger partial charge in [-0.3, -0.25) is 9.59 Å². The van der Waals surface area contributed by atoms with E-state index in [4.69, 9.17) is 9.84 Å². The molecular formula is C18H27NO6S. The molecule has 1 N–H and O–H groups in total. The van der Waals surface area contributed by atoms with Crippen molar-refractivity contribution in [3.63, 3.8) is 0 Å². The lowest BCUT2D eigenvalue weighted by Gasteiger charge is -2.25. The highest BCUT2D eigenvalue weighted by molar-refractivity contribution is 7.90. The van der Waals surface area contributed by atoms with E-state index < -0.39 is 21.7 Å².